The van der Waals surface area contributed by atoms with Crippen molar-refractivity contribution in [1.82, 2.24) is 15.2 Å². The van der Waals surface area contributed by atoms with Crippen LogP contribution in [0.25, 0.3) is 11.0 Å². The number of nitrogens with one attached hydrogen (secondary N) is 1. The number of halogens is 3. The van der Waals surface area contributed by atoms with Gasteiger partial charge in [0.25, 0.3) is 5.91 Å². The van der Waals surface area contributed by atoms with Gasteiger partial charge in [0.1, 0.15) is 11.0 Å². The maximum absolute atomic E-state index is 12.8. The molecule has 3 aromatic rings. The third-order valence-electron chi connectivity index (χ3n) is 3.12. The van der Waals surface area contributed by atoms with E-state index in [2.05, 4.69) is 15.6 Å². The summed E-state index contributed by atoms with van der Waals surface area (Å²) in [5, 5.41) is 9.87. The van der Waals surface area contributed by atoms with Gasteiger partial charge in [0.05, 0.1) is 5.56 Å². The highest BCUT2D eigenvalue weighted by Gasteiger charge is 2.31. The van der Waals surface area contributed by atoms with Gasteiger partial charge in [0.15, 0.2) is 6.61 Å². The van der Waals surface area contributed by atoms with E-state index in [0.29, 0.717) is 5.69 Å². The molecule has 3 rings (SSSR count). The van der Waals surface area contributed by atoms with Crippen molar-refractivity contribution in [3.8, 4) is 0 Å². The molecule has 0 unspecified atom stereocenters. The third-order valence-corrected chi connectivity index (χ3v) is 3.12. The van der Waals surface area contributed by atoms with Crippen molar-refractivity contribution in [1.29, 1.82) is 0 Å². The Morgan fingerprint density at radius 1 is 1.17 bits per heavy atom. The first kappa shape index (κ1) is 15.8. The second kappa shape index (κ2) is 6.19. The lowest BCUT2D eigenvalue weighted by molar-refractivity contribution is -0.137. The second-order valence-corrected chi connectivity index (χ2v) is 4.85. The Labute approximate surface area is 133 Å². The summed E-state index contributed by atoms with van der Waals surface area (Å²) in [6, 6.07) is 11.6. The van der Waals surface area contributed by atoms with Crippen LogP contribution in [0.5, 0.6) is 0 Å². The van der Waals surface area contributed by atoms with Crippen LogP contribution in [0.3, 0.4) is 0 Å². The van der Waals surface area contributed by atoms with Crippen LogP contribution < -0.4 is 10.2 Å². The van der Waals surface area contributed by atoms with Gasteiger partial charge in [0.2, 0.25) is 0 Å². The number of rotatable bonds is 4. The van der Waals surface area contributed by atoms with Crippen molar-refractivity contribution in [3.63, 3.8) is 0 Å². The number of para-hydroxylation sites is 1. The van der Waals surface area contributed by atoms with Gasteiger partial charge in [-0.1, -0.05) is 23.0 Å². The Balaban J connectivity index is 1.72. The lowest BCUT2D eigenvalue weighted by atomic mass is 10.2. The van der Waals surface area contributed by atoms with Crippen LogP contribution in [-0.2, 0) is 11.0 Å². The summed E-state index contributed by atoms with van der Waals surface area (Å²) < 4.78 is 38.3. The highest BCUT2D eigenvalue weighted by molar-refractivity contribution is 5.91. The number of carbonyl (C=O) groups is 1. The molecule has 9 heteroatoms. The molecule has 0 saturated heterocycles. The SMILES string of the molecule is O=C(COn1nnc2ccc(C(F)(F)F)cc21)Nc1ccccc1. The molecule has 0 saturated carbocycles. The summed E-state index contributed by atoms with van der Waals surface area (Å²) in [6.07, 6.45) is -4.49. The molecule has 1 amide bonds. The van der Waals surface area contributed by atoms with Crippen molar-refractivity contribution >= 4 is 22.6 Å². The van der Waals surface area contributed by atoms with Gasteiger partial charge >= 0.3 is 6.18 Å². The maximum atomic E-state index is 12.8. The number of aromatic nitrogens is 3. The molecule has 1 N–H and O–H groups in total. The van der Waals surface area contributed by atoms with E-state index in [1.165, 1.54) is 6.07 Å². The summed E-state index contributed by atoms with van der Waals surface area (Å²) in [7, 11) is 0. The average molecular weight is 336 g/mol. The minimum Gasteiger partial charge on any atom is -0.385 e. The van der Waals surface area contributed by atoms with Crippen LogP contribution >= 0.6 is 0 Å². The number of nitrogens with zero attached hydrogens (tertiary/aromatic N) is 3. The first-order valence-electron chi connectivity index (χ1n) is 6.84. The number of hydrogen-bond donors (Lipinski definition) is 1. The van der Waals surface area contributed by atoms with E-state index in [0.717, 1.165) is 17.0 Å². The van der Waals surface area contributed by atoms with Crippen molar-refractivity contribution < 1.29 is 22.8 Å². The fourth-order valence-electron chi connectivity index (χ4n) is 2.01. The van der Waals surface area contributed by atoms with Crippen LogP contribution in [0.15, 0.2) is 48.5 Å². The Morgan fingerprint density at radius 2 is 1.92 bits per heavy atom. The molecule has 0 radical (unpaired) electrons. The minimum absolute atomic E-state index is 0.0253. The van der Waals surface area contributed by atoms with Crippen LogP contribution in [0.1, 0.15) is 5.56 Å². The van der Waals surface area contributed by atoms with Gasteiger partial charge < -0.3 is 10.2 Å². The first-order valence-corrected chi connectivity index (χ1v) is 6.84. The molecule has 124 valence electrons. The van der Waals surface area contributed by atoms with Gasteiger partial charge in [-0.15, -0.1) is 5.10 Å². The van der Waals surface area contributed by atoms with Crippen molar-refractivity contribution in [2.45, 2.75) is 6.18 Å². The zero-order chi connectivity index (χ0) is 17.2. The smallest absolute Gasteiger partial charge is 0.385 e. The number of anilines is 1. The standard InChI is InChI=1S/C15H11F3N4O2/c16-15(17,18)10-6-7-12-13(8-10)22(21-20-12)24-9-14(23)19-11-4-2-1-3-5-11/h1-8H,9H2,(H,19,23). The molecule has 0 fully saturated rings. The molecule has 6 nitrogen and oxygen atoms in total. The van der Waals surface area contributed by atoms with Crippen molar-refractivity contribution in [2.24, 2.45) is 0 Å². The van der Waals surface area contributed by atoms with Crippen molar-refractivity contribution in [2.75, 3.05) is 11.9 Å². The average Bonchev–Trinajstić information content (AvgIpc) is 2.95. The largest absolute Gasteiger partial charge is 0.416 e. The summed E-state index contributed by atoms with van der Waals surface area (Å²) >= 11 is 0. The molecule has 0 atom stereocenters. The van der Waals surface area contributed by atoms with Crippen LogP contribution in [0.2, 0.25) is 0 Å². The van der Waals surface area contributed by atoms with E-state index in [1.807, 2.05) is 0 Å². The Kier molecular flexibility index (Phi) is 4.07. The number of amides is 1. The quantitative estimate of drug-likeness (QED) is 0.795. The summed E-state index contributed by atoms with van der Waals surface area (Å²) in [5.41, 5.74) is -0.0198. The first-order chi connectivity index (χ1) is 11.4. The molecular formula is C15H11F3N4O2. The van der Waals surface area contributed by atoms with E-state index in [1.54, 1.807) is 30.3 Å². The number of alkyl halides is 3. The monoisotopic (exact) mass is 336 g/mol. The van der Waals surface area contributed by atoms with E-state index < -0.39 is 24.3 Å². The highest BCUT2D eigenvalue weighted by Crippen LogP contribution is 2.30. The molecule has 24 heavy (non-hydrogen) atoms. The van der Waals surface area contributed by atoms with E-state index in [4.69, 9.17) is 4.84 Å². The lowest BCUT2D eigenvalue weighted by Gasteiger charge is -2.08. The summed E-state index contributed by atoms with van der Waals surface area (Å²) in [5.74, 6) is -0.475. The molecular weight excluding hydrogens is 325 g/mol. The molecule has 0 aliphatic carbocycles. The second-order valence-electron chi connectivity index (χ2n) is 4.85. The highest BCUT2D eigenvalue weighted by atomic mass is 19.4. The van der Waals surface area contributed by atoms with Crippen LogP contribution in [0, 0.1) is 0 Å². The van der Waals surface area contributed by atoms with Gasteiger partial charge in [-0.2, -0.15) is 13.2 Å². The molecule has 0 spiro atoms. The van der Waals surface area contributed by atoms with Crippen LogP contribution in [0.4, 0.5) is 18.9 Å². The van der Waals surface area contributed by atoms with Gasteiger partial charge in [-0.25, -0.2) is 0 Å². The summed E-state index contributed by atoms with van der Waals surface area (Å²) in [6.45, 7) is -0.427. The maximum Gasteiger partial charge on any atom is 0.416 e. The Hall–Kier alpha value is -3.10. The van der Waals surface area contributed by atoms with Gasteiger partial charge in [-0.3, -0.25) is 4.79 Å². The van der Waals surface area contributed by atoms with E-state index >= 15 is 0 Å². The van der Waals surface area contributed by atoms with Crippen molar-refractivity contribution in [3.05, 3.63) is 54.1 Å². The number of carbonyl (C=O) groups excluding carboxylic acids is 1. The van der Waals surface area contributed by atoms with E-state index in [-0.39, 0.29) is 11.0 Å². The topological polar surface area (TPSA) is 69.0 Å². The van der Waals surface area contributed by atoms with Crippen LogP contribution in [-0.4, -0.2) is 27.7 Å². The molecule has 0 aliphatic rings. The molecule has 2 aromatic carbocycles. The molecule has 0 bridgehead atoms. The number of hydrogen-bond acceptors (Lipinski definition) is 4. The van der Waals surface area contributed by atoms with Gasteiger partial charge in [-0.05, 0) is 35.5 Å². The molecule has 1 heterocycles. The number of benzene rings is 2. The zero-order valence-corrected chi connectivity index (χ0v) is 12.1. The normalized spacial score (nSPS) is 11.5. The zero-order valence-electron chi connectivity index (χ0n) is 12.1. The molecule has 1 aromatic heterocycles. The fraction of sp³-hybridized carbons (Fsp3) is 0.133. The fourth-order valence-corrected chi connectivity index (χ4v) is 2.01. The predicted molar refractivity (Wildman–Crippen MR) is 79.0 cm³/mol. The van der Waals surface area contributed by atoms with E-state index in [9.17, 15) is 18.0 Å². The predicted octanol–water partition coefficient (Wildman–Crippen LogP) is 2.52. The third kappa shape index (κ3) is 3.45. The summed E-state index contributed by atoms with van der Waals surface area (Å²) in [4.78, 5) is 17.7. The Bertz CT molecular complexity index is 862. The lowest BCUT2D eigenvalue weighted by Crippen LogP contribution is -2.26. The number of fused-ring (bicyclic) bond motifs is 1. The Morgan fingerprint density at radius 3 is 2.62 bits per heavy atom. The van der Waals surface area contributed by atoms with Gasteiger partial charge in [0, 0.05) is 5.69 Å². The molecule has 0 aliphatic heterocycles. The minimum atomic E-state index is -4.49.